The number of carbonyl (C=O) groups is 1. The van der Waals surface area contributed by atoms with E-state index >= 15 is 0 Å². The molecule has 1 N–H and O–H groups in total. The van der Waals surface area contributed by atoms with Gasteiger partial charge in [0.05, 0.1) is 33.7 Å². The largest absolute Gasteiger partial charge is 0.494 e. The molecule has 0 spiro atoms. The zero-order chi connectivity index (χ0) is 24.7. The summed E-state index contributed by atoms with van der Waals surface area (Å²) in [5.74, 6) is 0.737. The Morgan fingerprint density at radius 3 is 1.65 bits per heavy atom. The second-order valence-corrected chi connectivity index (χ2v) is 11.2. The lowest BCUT2D eigenvalue weighted by atomic mass is 9.78. The Morgan fingerprint density at radius 1 is 0.647 bits per heavy atom. The third-order valence-corrected chi connectivity index (χ3v) is 7.77. The minimum atomic E-state index is -0.566. The van der Waals surface area contributed by atoms with Gasteiger partial charge in [-0.25, -0.2) is 0 Å². The predicted molar refractivity (Wildman–Crippen MR) is 132 cm³/mol. The predicted octanol–water partition coefficient (Wildman–Crippen LogP) is 3.64. The van der Waals surface area contributed by atoms with Gasteiger partial charge < -0.3 is 28.7 Å². The molecular weight excluding hydrogens is 432 g/mol. The second kappa shape index (κ2) is 7.34. The van der Waals surface area contributed by atoms with Crippen molar-refractivity contribution in [2.45, 2.75) is 77.8 Å². The summed E-state index contributed by atoms with van der Waals surface area (Å²) in [5, 5.41) is 2.95. The molecular formula is C25H31B2NO6. The van der Waals surface area contributed by atoms with Crippen LogP contribution in [0.3, 0.4) is 0 Å². The number of benzene rings is 2. The van der Waals surface area contributed by atoms with Crippen LogP contribution in [0.1, 0.15) is 65.7 Å². The van der Waals surface area contributed by atoms with Crippen LogP contribution in [0.25, 0.3) is 0 Å². The van der Waals surface area contributed by atoms with Gasteiger partial charge in [-0.1, -0.05) is 12.1 Å². The topological polar surface area (TPSA) is 75.2 Å². The zero-order valence-electron chi connectivity index (χ0n) is 21.1. The van der Waals surface area contributed by atoms with Gasteiger partial charge in [0.25, 0.3) is 5.91 Å². The van der Waals surface area contributed by atoms with Crippen molar-refractivity contribution in [1.29, 1.82) is 0 Å². The highest BCUT2D eigenvalue weighted by Gasteiger charge is 2.53. The Kier molecular flexibility index (Phi) is 5.06. The Labute approximate surface area is 201 Å². The van der Waals surface area contributed by atoms with Crippen LogP contribution < -0.4 is 21.0 Å². The number of rotatable bonds is 2. The van der Waals surface area contributed by atoms with Gasteiger partial charge in [0.2, 0.25) is 0 Å². The SMILES string of the molecule is CC1(C)OB(c2ccc3c(c2)Oc2ccc(B4OC(C)(C)C(C)(C)O4)cc2C(=O)N3)OC1(C)C. The van der Waals surface area contributed by atoms with Crippen LogP contribution in [0, 0.1) is 0 Å². The van der Waals surface area contributed by atoms with Crippen molar-refractivity contribution in [3.63, 3.8) is 0 Å². The van der Waals surface area contributed by atoms with E-state index in [4.69, 9.17) is 23.4 Å². The summed E-state index contributed by atoms with van der Waals surface area (Å²) < 4.78 is 30.9. The van der Waals surface area contributed by atoms with Crippen molar-refractivity contribution >= 4 is 36.8 Å². The lowest BCUT2D eigenvalue weighted by Gasteiger charge is -2.32. The normalized spacial score (nSPS) is 23.6. The van der Waals surface area contributed by atoms with Gasteiger partial charge in [0.15, 0.2) is 5.75 Å². The van der Waals surface area contributed by atoms with Gasteiger partial charge in [-0.2, -0.15) is 0 Å². The highest BCUT2D eigenvalue weighted by molar-refractivity contribution is 6.62. The second-order valence-electron chi connectivity index (χ2n) is 11.2. The molecule has 0 aliphatic carbocycles. The maximum absolute atomic E-state index is 13.1. The monoisotopic (exact) mass is 463 g/mol. The molecule has 0 atom stereocenters. The summed E-state index contributed by atoms with van der Waals surface area (Å²) in [7, 11) is -1.09. The van der Waals surface area contributed by atoms with Crippen LogP contribution in [-0.4, -0.2) is 42.5 Å². The molecule has 178 valence electrons. The maximum atomic E-state index is 13.1. The number of anilines is 1. The van der Waals surface area contributed by atoms with E-state index in [-0.39, 0.29) is 5.91 Å². The van der Waals surface area contributed by atoms with E-state index in [1.165, 1.54) is 0 Å². The molecule has 0 aromatic heterocycles. The average molecular weight is 463 g/mol. The molecule has 0 unspecified atom stereocenters. The Balaban J connectivity index is 1.44. The van der Waals surface area contributed by atoms with Crippen molar-refractivity contribution in [3.05, 3.63) is 42.0 Å². The molecule has 0 saturated carbocycles. The van der Waals surface area contributed by atoms with Crippen LogP contribution in [0.2, 0.25) is 0 Å². The van der Waals surface area contributed by atoms with Crippen LogP contribution >= 0.6 is 0 Å². The number of carbonyl (C=O) groups excluding carboxylic acids is 1. The van der Waals surface area contributed by atoms with Crippen molar-refractivity contribution in [3.8, 4) is 11.5 Å². The number of hydrogen-bond acceptors (Lipinski definition) is 6. The summed E-state index contributed by atoms with van der Waals surface area (Å²) in [6.07, 6.45) is 0. The summed E-state index contributed by atoms with van der Waals surface area (Å²) in [6.45, 7) is 16.1. The van der Waals surface area contributed by atoms with E-state index in [0.29, 0.717) is 22.7 Å². The summed E-state index contributed by atoms with van der Waals surface area (Å²) in [6, 6.07) is 11.0. The van der Waals surface area contributed by atoms with Gasteiger partial charge in [0.1, 0.15) is 5.75 Å². The molecule has 1 amide bonds. The number of amides is 1. The van der Waals surface area contributed by atoms with Crippen molar-refractivity contribution in [1.82, 2.24) is 0 Å². The average Bonchev–Trinajstić information content (AvgIpc) is 3.01. The molecule has 2 fully saturated rings. The van der Waals surface area contributed by atoms with Crippen LogP contribution in [0.15, 0.2) is 36.4 Å². The first-order valence-corrected chi connectivity index (χ1v) is 11.7. The van der Waals surface area contributed by atoms with Crippen molar-refractivity contribution < 1.29 is 28.1 Å². The van der Waals surface area contributed by atoms with E-state index in [0.717, 1.165) is 10.9 Å². The molecule has 3 aliphatic heterocycles. The molecule has 3 aliphatic rings. The van der Waals surface area contributed by atoms with Crippen LogP contribution in [0.4, 0.5) is 5.69 Å². The van der Waals surface area contributed by atoms with Gasteiger partial charge in [-0.15, -0.1) is 0 Å². The standard InChI is InChI=1S/C25H31B2NO6/c1-22(2)23(3,4)32-26(31-22)15-10-12-19-17(13-15)21(29)28-18-11-9-16(14-20(18)30-19)27-33-24(5,6)25(7,8)34-27/h9-14H,1-8H3,(H,28,29). The molecule has 0 radical (unpaired) electrons. The first-order valence-electron chi connectivity index (χ1n) is 11.7. The molecule has 34 heavy (non-hydrogen) atoms. The fourth-order valence-corrected chi connectivity index (χ4v) is 4.10. The lowest BCUT2D eigenvalue weighted by Crippen LogP contribution is -2.41. The highest BCUT2D eigenvalue weighted by atomic mass is 16.7. The molecule has 5 rings (SSSR count). The van der Waals surface area contributed by atoms with E-state index in [9.17, 15) is 4.79 Å². The van der Waals surface area contributed by atoms with E-state index in [2.05, 4.69) is 5.32 Å². The molecule has 9 heteroatoms. The molecule has 7 nitrogen and oxygen atoms in total. The number of nitrogens with one attached hydrogen (secondary N) is 1. The van der Waals surface area contributed by atoms with Gasteiger partial charge in [-0.3, -0.25) is 4.79 Å². The van der Waals surface area contributed by atoms with E-state index < -0.39 is 36.6 Å². The fourth-order valence-electron chi connectivity index (χ4n) is 4.10. The lowest BCUT2D eigenvalue weighted by molar-refractivity contribution is 0.00578. The third-order valence-electron chi connectivity index (χ3n) is 7.77. The summed E-state index contributed by atoms with van der Waals surface area (Å²) in [5.41, 5.74) is 0.752. The molecule has 2 aromatic carbocycles. The third kappa shape index (κ3) is 3.66. The highest BCUT2D eigenvalue weighted by Crippen LogP contribution is 2.40. The number of hydrogen-bond donors (Lipinski definition) is 1. The number of fused-ring (bicyclic) bond motifs is 2. The Bertz CT molecular complexity index is 1140. The maximum Gasteiger partial charge on any atom is 0.494 e. The van der Waals surface area contributed by atoms with E-state index in [1.54, 1.807) is 12.1 Å². The molecule has 2 saturated heterocycles. The van der Waals surface area contributed by atoms with Crippen molar-refractivity contribution in [2.24, 2.45) is 0 Å². The van der Waals surface area contributed by atoms with E-state index in [1.807, 2.05) is 79.7 Å². The van der Waals surface area contributed by atoms with Crippen LogP contribution in [-0.2, 0) is 18.6 Å². The fraction of sp³-hybridized carbons (Fsp3) is 0.480. The molecule has 2 aromatic rings. The van der Waals surface area contributed by atoms with Crippen molar-refractivity contribution in [2.75, 3.05) is 5.32 Å². The minimum Gasteiger partial charge on any atom is -0.454 e. The van der Waals surface area contributed by atoms with Gasteiger partial charge >= 0.3 is 14.2 Å². The molecule has 3 heterocycles. The minimum absolute atomic E-state index is 0.254. The Morgan fingerprint density at radius 2 is 1.12 bits per heavy atom. The Hall–Kier alpha value is -2.32. The van der Waals surface area contributed by atoms with Gasteiger partial charge in [0, 0.05) is 0 Å². The summed E-state index contributed by atoms with van der Waals surface area (Å²) in [4.78, 5) is 13.1. The smallest absolute Gasteiger partial charge is 0.454 e. The molecule has 0 bridgehead atoms. The quantitative estimate of drug-likeness (QED) is 0.686. The van der Waals surface area contributed by atoms with Gasteiger partial charge in [-0.05, 0) is 90.6 Å². The first-order chi connectivity index (χ1) is 15.7. The van der Waals surface area contributed by atoms with Crippen LogP contribution in [0.5, 0.6) is 11.5 Å². The summed E-state index contributed by atoms with van der Waals surface area (Å²) >= 11 is 0. The zero-order valence-corrected chi connectivity index (χ0v) is 21.1. The first kappa shape index (κ1) is 23.4. The number of ether oxygens (including phenoxy) is 1.